The maximum Gasteiger partial charge on any atom is 0.235 e. The van der Waals surface area contributed by atoms with E-state index in [1.54, 1.807) is 16.7 Å². The monoisotopic (exact) mass is 387 g/mol. The number of carbonyl (C=O) groups is 1. The van der Waals surface area contributed by atoms with Crippen LogP contribution in [0.1, 0.15) is 26.7 Å². The van der Waals surface area contributed by atoms with Crippen LogP contribution >= 0.6 is 11.8 Å². The van der Waals surface area contributed by atoms with Crippen LogP contribution in [-0.2, 0) is 16.1 Å². The first-order valence-electron chi connectivity index (χ1n) is 9.57. The van der Waals surface area contributed by atoms with Crippen LogP contribution < -0.4 is 0 Å². The Kier molecular flexibility index (Phi) is 6.60. The summed E-state index contributed by atoms with van der Waals surface area (Å²) in [6, 6.07) is 10.3. The molecule has 0 saturated carbocycles. The molecule has 1 amide bonds. The first kappa shape index (κ1) is 20.0. The first-order chi connectivity index (χ1) is 13.0. The van der Waals surface area contributed by atoms with Gasteiger partial charge in [0, 0.05) is 20.7 Å². The van der Waals surface area contributed by atoms with E-state index in [2.05, 4.69) is 30.5 Å². The van der Waals surface area contributed by atoms with Crippen LogP contribution in [0.15, 0.2) is 41.7 Å². The number of hydrogen-bond acceptors (Lipinski definition) is 4. The van der Waals surface area contributed by atoms with Gasteiger partial charge in [0.05, 0.1) is 29.8 Å². The molecule has 5 nitrogen and oxygen atoms in total. The van der Waals surface area contributed by atoms with Gasteiger partial charge in [0.1, 0.15) is 0 Å². The third kappa shape index (κ3) is 4.74. The summed E-state index contributed by atoms with van der Waals surface area (Å²) in [7, 11) is 3.62. The summed E-state index contributed by atoms with van der Waals surface area (Å²) in [6.45, 7) is 5.78. The van der Waals surface area contributed by atoms with E-state index in [1.165, 1.54) is 0 Å². The lowest BCUT2D eigenvalue weighted by atomic mass is 10.1. The SMILES string of the molecule is CC(C)[C@H](Sc1ncc(-c2ccccc2)n1C[C@H]1CCCO1)C(=O)N(C)C. The van der Waals surface area contributed by atoms with Gasteiger partial charge >= 0.3 is 0 Å². The van der Waals surface area contributed by atoms with Gasteiger partial charge < -0.3 is 14.2 Å². The smallest absolute Gasteiger partial charge is 0.235 e. The van der Waals surface area contributed by atoms with Crippen molar-refractivity contribution in [2.24, 2.45) is 5.92 Å². The van der Waals surface area contributed by atoms with E-state index in [-0.39, 0.29) is 23.2 Å². The zero-order valence-corrected chi connectivity index (χ0v) is 17.4. The van der Waals surface area contributed by atoms with Gasteiger partial charge in [-0.3, -0.25) is 4.79 Å². The molecule has 27 heavy (non-hydrogen) atoms. The van der Waals surface area contributed by atoms with Gasteiger partial charge in [0.2, 0.25) is 5.91 Å². The quantitative estimate of drug-likeness (QED) is 0.675. The fraction of sp³-hybridized carbons (Fsp3) is 0.524. The Balaban J connectivity index is 1.93. The summed E-state index contributed by atoms with van der Waals surface area (Å²) < 4.78 is 8.11. The van der Waals surface area contributed by atoms with E-state index >= 15 is 0 Å². The van der Waals surface area contributed by atoms with E-state index < -0.39 is 0 Å². The minimum atomic E-state index is -0.158. The summed E-state index contributed by atoms with van der Waals surface area (Å²) in [6.07, 6.45) is 4.31. The second-order valence-electron chi connectivity index (χ2n) is 7.55. The molecule has 2 aromatic rings. The molecule has 146 valence electrons. The van der Waals surface area contributed by atoms with Crippen LogP contribution in [0.5, 0.6) is 0 Å². The second kappa shape index (κ2) is 8.93. The van der Waals surface area contributed by atoms with Crippen LogP contribution in [0.3, 0.4) is 0 Å². The maximum atomic E-state index is 12.7. The van der Waals surface area contributed by atoms with Crippen molar-refractivity contribution in [3.63, 3.8) is 0 Å². The molecule has 1 aromatic heterocycles. The highest BCUT2D eigenvalue weighted by Gasteiger charge is 2.28. The summed E-state index contributed by atoms with van der Waals surface area (Å²) in [4.78, 5) is 19.0. The van der Waals surface area contributed by atoms with Crippen LogP contribution in [0.4, 0.5) is 0 Å². The van der Waals surface area contributed by atoms with E-state index in [1.807, 2.05) is 38.5 Å². The molecule has 0 unspecified atom stereocenters. The van der Waals surface area contributed by atoms with Crippen molar-refractivity contribution in [1.29, 1.82) is 0 Å². The molecule has 0 radical (unpaired) electrons. The Morgan fingerprint density at radius 3 is 2.67 bits per heavy atom. The van der Waals surface area contributed by atoms with Crippen molar-refractivity contribution >= 4 is 17.7 Å². The van der Waals surface area contributed by atoms with Crippen molar-refractivity contribution in [1.82, 2.24) is 14.5 Å². The molecule has 1 aromatic carbocycles. The number of hydrogen-bond donors (Lipinski definition) is 0. The van der Waals surface area contributed by atoms with Gasteiger partial charge in [-0.2, -0.15) is 0 Å². The highest BCUT2D eigenvalue weighted by Crippen LogP contribution is 2.33. The van der Waals surface area contributed by atoms with Gasteiger partial charge in [-0.05, 0) is 24.3 Å². The topological polar surface area (TPSA) is 47.4 Å². The Bertz CT molecular complexity index is 752. The average Bonchev–Trinajstić information content (AvgIpc) is 3.30. The predicted octanol–water partition coefficient (Wildman–Crippen LogP) is 3.93. The number of thioether (sulfide) groups is 1. The predicted molar refractivity (Wildman–Crippen MR) is 110 cm³/mol. The molecular weight excluding hydrogens is 358 g/mol. The fourth-order valence-electron chi connectivity index (χ4n) is 3.30. The van der Waals surface area contributed by atoms with E-state index in [4.69, 9.17) is 9.72 Å². The van der Waals surface area contributed by atoms with Crippen molar-refractivity contribution < 1.29 is 9.53 Å². The van der Waals surface area contributed by atoms with Gasteiger partial charge in [-0.25, -0.2) is 4.98 Å². The minimum absolute atomic E-state index is 0.128. The lowest BCUT2D eigenvalue weighted by Gasteiger charge is -2.24. The normalized spacial score (nSPS) is 18.0. The largest absolute Gasteiger partial charge is 0.376 e. The molecule has 1 aliphatic rings. The molecule has 0 spiro atoms. The van der Waals surface area contributed by atoms with Crippen LogP contribution in [0, 0.1) is 5.92 Å². The molecule has 3 rings (SSSR count). The van der Waals surface area contributed by atoms with Crippen molar-refractivity contribution in [3.05, 3.63) is 36.5 Å². The molecule has 0 bridgehead atoms. The molecule has 6 heteroatoms. The van der Waals surface area contributed by atoms with Gasteiger partial charge in [0.15, 0.2) is 5.16 Å². The molecule has 0 aliphatic carbocycles. The standard InChI is InChI=1S/C21H29N3O2S/c1-15(2)19(20(25)23(3)4)27-21-22-13-18(16-9-6-5-7-10-16)24(21)14-17-11-8-12-26-17/h5-7,9-10,13,15,17,19H,8,11-12,14H2,1-4H3/t17-,19+/m1/s1. The zero-order valence-electron chi connectivity index (χ0n) is 16.6. The molecular formula is C21H29N3O2S. The Morgan fingerprint density at radius 1 is 1.33 bits per heavy atom. The zero-order chi connectivity index (χ0) is 19.4. The van der Waals surface area contributed by atoms with Gasteiger partial charge in [0.25, 0.3) is 0 Å². The van der Waals surface area contributed by atoms with Gasteiger partial charge in [-0.1, -0.05) is 55.9 Å². The second-order valence-corrected chi connectivity index (χ2v) is 8.66. The van der Waals surface area contributed by atoms with E-state index in [9.17, 15) is 4.79 Å². The Labute approximate surface area is 166 Å². The van der Waals surface area contributed by atoms with E-state index in [0.29, 0.717) is 0 Å². The highest BCUT2D eigenvalue weighted by atomic mass is 32.2. The number of benzene rings is 1. The van der Waals surface area contributed by atoms with Crippen molar-refractivity contribution in [2.75, 3.05) is 20.7 Å². The molecule has 1 aliphatic heterocycles. The molecule has 1 fully saturated rings. The summed E-state index contributed by atoms with van der Waals surface area (Å²) in [5, 5.41) is 0.729. The average molecular weight is 388 g/mol. The molecule has 1 saturated heterocycles. The number of ether oxygens (including phenoxy) is 1. The molecule has 2 atom stereocenters. The lowest BCUT2D eigenvalue weighted by molar-refractivity contribution is -0.128. The van der Waals surface area contributed by atoms with Crippen LogP contribution in [0.2, 0.25) is 0 Å². The lowest BCUT2D eigenvalue weighted by Crippen LogP contribution is -2.35. The number of carbonyl (C=O) groups excluding carboxylic acids is 1. The Morgan fingerprint density at radius 2 is 2.07 bits per heavy atom. The molecule has 0 N–H and O–H groups in total. The third-order valence-corrected chi connectivity index (χ3v) is 6.36. The Hall–Kier alpha value is -1.79. The highest BCUT2D eigenvalue weighted by molar-refractivity contribution is 8.00. The fourth-order valence-corrected chi connectivity index (χ4v) is 4.52. The van der Waals surface area contributed by atoms with Crippen molar-refractivity contribution in [2.45, 2.75) is 49.7 Å². The number of aromatic nitrogens is 2. The number of rotatable bonds is 7. The minimum Gasteiger partial charge on any atom is -0.376 e. The van der Waals surface area contributed by atoms with Crippen LogP contribution in [0.25, 0.3) is 11.3 Å². The number of nitrogens with zero attached hydrogens (tertiary/aromatic N) is 3. The maximum absolute atomic E-state index is 12.7. The summed E-state index contributed by atoms with van der Waals surface area (Å²) in [5.74, 6) is 0.348. The van der Waals surface area contributed by atoms with Crippen molar-refractivity contribution in [3.8, 4) is 11.3 Å². The summed E-state index contributed by atoms with van der Waals surface area (Å²) >= 11 is 1.56. The van der Waals surface area contributed by atoms with E-state index in [0.717, 1.165) is 42.4 Å². The number of amides is 1. The molecule has 2 heterocycles. The van der Waals surface area contributed by atoms with Gasteiger partial charge in [-0.15, -0.1) is 0 Å². The first-order valence-corrected chi connectivity index (χ1v) is 10.5. The summed E-state index contributed by atoms with van der Waals surface area (Å²) in [5.41, 5.74) is 2.21. The third-order valence-electron chi connectivity index (χ3n) is 4.82. The van der Waals surface area contributed by atoms with Crippen LogP contribution in [-0.4, -0.2) is 52.4 Å². The number of imidazole rings is 1.